The van der Waals surface area contributed by atoms with Gasteiger partial charge in [0.2, 0.25) is 5.91 Å². The van der Waals surface area contributed by atoms with E-state index in [9.17, 15) is 30.3 Å². The average molecular weight is 1090 g/mol. The molecule has 1 aliphatic heterocycles. The summed E-state index contributed by atoms with van der Waals surface area (Å²) in [6.45, 7) is 3.90. The summed E-state index contributed by atoms with van der Waals surface area (Å²) in [7, 11) is 0. The lowest BCUT2D eigenvalue weighted by Gasteiger charge is -2.40. The Morgan fingerprint density at radius 2 is 0.727 bits per heavy atom. The lowest BCUT2D eigenvalue weighted by Crippen LogP contribution is -2.60. The molecule has 7 unspecified atom stereocenters. The molecule has 1 heterocycles. The summed E-state index contributed by atoms with van der Waals surface area (Å²) in [4.78, 5) is 13.1. The molecule has 1 saturated heterocycles. The van der Waals surface area contributed by atoms with Crippen molar-refractivity contribution in [3.63, 3.8) is 0 Å². The van der Waals surface area contributed by atoms with Gasteiger partial charge in [-0.25, -0.2) is 0 Å². The van der Waals surface area contributed by atoms with Gasteiger partial charge in [0.15, 0.2) is 6.29 Å². The molecule has 0 aromatic rings. The molecule has 77 heavy (non-hydrogen) atoms. The minimum Gasteiger partial charge on any atom is -0.394 e. The third-order valence-electron chi connectivity index (χ3n) is 16.9. The molecule has 7 atom stereocenters. The van der Waals surface area contributed by atoms with Crippen LogP contribution in [0.5, 0.6) is 0 Å². The maximum Gasteiger partial charge on any atom is 0.220 e. The Bertz CT molecular complexity index is 1220. The Morgan fingerprint density at radius 3 is 1.05 bits per heavy atom. The molecule has 1 aliphatic rings. The second kappa shape index (κ2) is 58.1. The van der Waals surface area contributed by atoms with Crippen molar-refractivity contribution in [2.24, 2.45) is 0 Å². The molecule has 1 amide bonds. The Kier molecular flexibility index (Phi) is 55.8. The molecule has 0 saturated carbocycles. The number of allylic oxidation sites excluding steroid dienone is 2. The van der Waals surface area contributed by atoms with Crippen LogP contribution in [-0.2, 0) is 14.3 Å². The first-order valence-electron chi connectivity index (χ1n) is 34.4. The number of amides is 1. The summed E-state index contributed by atoms with van der Waals surface area (Å²) in [5.41, 5.74) is 0. The smallest absolute Gasteiger partial charge is 0.220 e. The number of nitrogens with one attached hydrogen (secondary N) is 1. The normalized spacial score (nSPS) is 18.7. The maximum atomic E-state index is 13.1. The molecular weight excluding hydrogens is 959 g/mol. The lowest BCUT2D eigenvalue weighted by atomic mass is 9.99. The van der Waals surface area contributed by atoms with E-state index in [1.165, 1.54) is 295 Å². The van der Waals surface area contributed by atoms with E-state index in [0.717, 1.165) is 38.5 Å². The number of aliphatic hydroxyl groups excluding tert-OH is 5. The van der Waals surface area contributed by atoms with Crippen LogP contribution in [-0.4, -0.2) is 87.5 Å². The van der Waals surface area contributed by atoms with E-state index in [-0.39, 0.29) is 12.5 Å². The van der Waals surface area contributed by atoms with Crippen molar-refractivity contribution in [2.45, 2.75) is 403 Å². The predicted octanol–water partition coefficient (Wildman–Crippen LogP) is 18.3. The monoisotopic (exact) mass is 1090 g/mol. The zero-order valence-corrected chi connectivity index (χ0v) is 51.3. The van der Waals surface area contributed by atoms with Crippen molar-refractivity contribution in [3.8, 4) is 0 Å². The minimum atomic E-state index is -1.55. The topological polar surface area (TPSA) is 149 Å². The van der Waals surface area contributed by atoms with Crippen molar-refractivity contribution < 1.29 is 39.8 Å². The standard InChI is InChI=1S/C68H133NO8/c1-3-5-7-9-11-13-15-17-19-21-23-25-27-29-30-31-32-34-36-38-40-42-44-46-48-50-52-54-56-58-64(72)69-61(60-76-68-67(75)66(74)65(73)63(59-70)77-68)62(71)57-55-53-51-49-47-45-43-41-39-37-35-33-28-26-24-22-20-18-16-14-12-10-8-6-4-2/h29-30,61-63,65-68,70-71,73-75H,3-28,31-60H2,1-2H3,(H,69,72)/b30-29-. The van der Waals surface area contributed by atoms with Gasteiger partial charge in [0, 0.05) is 6.42 Å². The summed E-state index contributed by atoms with van der Waals surface area (Å²) in [6.07, 6.45) is 67.0. The van der Waals surface area contributed by atoms with E-state index >= 15 is 0 Å². The van der Waals surface area contributed by atoms with Gasteiger partial charge in [0.25, 0.3) is 0 Å². The van der Waals surface area contributed by atoms with Gasteiger partial charge in [-0.05, 0) is 38.5 Å². The molecule has 1 rings (SSSR count). The third-order valence-corrected chi connectivity index (χ3v) is 16.9. The first kappa shape index (κ1) is 73.9. The van der Waals surface area contributed by atoms with E-state index in [1.54, 1.807) is 0 Å². The molecular formula is C68H133NO8. The zero-order valence-electron chi connectivity index (χ0n) is 51.3. The summed E-state index contributed by atoms with van der Waals surface area (Å²) in [6, 6.07) is -0.718. The molecule has 458 valence electrons. The number of hydrogen-bond acceptors (Lipinski definition) is 8. The summed E-state index contributed by atoms with van der Waals surface area (Å²) >= 11 is 0. The predicted molar refractivity (Wildman–Crippen MR) is 327 cm³/mol. The van der Waals surface area contributed by atoms with Crippen molar-refractivity contribution in [1.82, 2.24) is 5.32 Å². The number of aliphatic hydroxyl groups is 5. The number of hydrogen-bond donors (Lipinski definition) is 6. The highest BCUT2D eigenvalue weighted by Crippen LogP contribution is 2.24. The second-order valence-corrected chi connectivity index (χ2v) is 24.3. The fraction of sp³-hybridized carbons (Fsp3) is 0.956. The molecule has 0 aromatic heterocycles. The molecule has 9 heteroatoms. The van der Waals surface area contributed by atoms with Crippen LogP contribution in [0.25, 0.3) is 0 Å². The molecule has 0 radical (unpaired) electrons. The summed E-state index contributed by atoms with van der Waals surface area (Å²) in [5, 5.41) is 54.9. The van der Waals surface area contributed by atoms with Gasteiger partial charge in [-0.2, -0.15) is 0 Å². The zero-order chi connectivity index (χ0) is 55.8. The Labute approximate surface area is 477 Å². The van der Waals surface area contributed by atoms with E-state index in [2.05, 4.69) is 31.3 Å². The number of unbranched alkanes of at least 4 members (excludes halogenated alkanes) is 49. The van der Waals surface area contributed by atoms with Crippen LogP contribution in [0.1, 0.15) is 361 Å². The van der Waals surface area contributed by atoms with Crippen molar-refractivity contribution in [2.75, 3.05) is 13.2 Å². The van der Waals surface area contributed by atoms with Gasteiger partial charge in [0.05, 0.1) is 25.4 Å². The molecule has 1 fully saturated rings. The van der Waals surface area contributed by atoms with E-state index in [1.807, 2.05) is 0 Å². The van der Waals surface area contributed by atoms with Crippen LogP contribution < -0.4 is 5.32 Å². The molecule has 0 bridgehead atoms. The first-order chi connectivity index (χ1) is 37.8. The van der Waals surface area contributed by atoms with E-state index in [0.29, 0.717) is 12.8 Å². The first-order valence-corrected chi connectivity index (χ1v) is 34.4. The number of rotatable bonds is 61. The van der Waals surface area contributed by atoms with Crippen molar-refractivity contribution in [1.29, 1.82) is 0 Å². The molecule has 6 N–H and O–H groups in total. The van der Waals surface area contributed by atoms with Crippen molar-refractivity contribution >= 4 is 5.91 Å². The molecule has 0 aromatic carbocycles. The van der Waals surface area contributed by atoms with Gasteiger partial charge in [-0.15, -0.1) is 0 Å². The highest BCUT2D eigenvalue weighted by atomic mass is 16.7. The Morgan fingerprint density at radius 1 is 0.429 bits per heavy atom. The fourth-order valence-electron chi connectivity index (χ4n) is 11.5. The van der Waals surface area contributed by atoms with Crippen LogP contribution in [0.15, 0.2) is 12.2 Å². The molecule has 9 nitrogen and oxygen atoms in total. The van der Waals surface area contributed by atoms with Crippen LogP contribution >= 0.6 is 0 Å². The third kappa shape index (κ3) is 47.2. The highest BCUT2D eigenvalue weighted by Gasteiger charge is 2.44. The molecule has 0 spiro atoms. The molecule has 0 aliphatic carbocycles. The van der Waals surface area contributed by atoms with Gasteiger partial charge in [-0.3, -0.25) is 4.79 Å². The van der Waals surface area contributed by atoms with Gasteiger partial charge in [-0.1, -0.05) is 328 Å². The summed E-state index contributed by atoms with van der Waals surface area (Å²) < 4.78 is 11.4. The number of carbonyl (C=O) groups excluding carboxylic acids is 1. The van der Waals surface area contributed by atoms with E-state index < -0.39 is 49.5 Å². The Hall–Kier alpha value is -1.07. The van der Waals surface area contributed by atoms with Gasteiger partial charge < -0.3 is 40.3 Å². The van der Waals surface area contributed by atoms with Crippen molar-refractivity contribution in [3.05, 3.63) is 12.2 Å². The highest BCUT2D eigenvalue weighted by molar-refractivity contribution is 5.76. The lowest BCUT2D eigenvalue weighted by molar-refractivity contribution is -0.302. The van der Waals surface area contributed by atoms with Gasteiger partial charge >= 0.3 is 0 Å². The number of ether oxygens (including phenoxy) is 2. The largest absolute Gasteiger partial charge is 0.394 e. The average Bonchev–Trinajstić information content (AvgIpc) is 3.43. The minimum absolute atomic E-state index is 0.133. The fourth-order valence-corrected chi connectivity index (χ4v) is 11.5. The second-order valence-electron chi connectivity index (χ2n) is 24.3. The van der Waals surface area contributed by atoms with Crippen LogP contribution in [0, 0.1) is 0 Å². The van der Waals surface area contributed by atoms with Crippen LogP contribution in [0.3, 0.4) is 0 Å². The van der Waals surface area contributed by atoms with Gasteiger partial charge in [0.1, 0.15) is 24.4 Å². The van der Waals surface area contributed by atoms with E-state index in [4.69, 9.17) is 9.47 Å². The summed E-state index contributed by atoms with van der Waals surface area (Å²) in [5.74, 6) is -0.136. The maximum absolute atomic E-state index is 13.1. The SMILES string of the molecule is CCCCCCCCCCCCCC/C=C\CCCCCCCCCCCCCCCC(=O)NC(COC1OC(CO)C(O)C(O)C1O)C(O)CCCCCCCCCCCCCCCCCCCCCCCCCCC. The number of carbonyl (C=O) groups is 1. The van der Waals surface area contributed by atoms with Crippen LogP contribution in [0.2, 0.25) is 0 Å². The quantitative estimate of drug-likeness (QED) is 0.0261. The van der Waals surface area contributed by atoms with Crippen LogP contribution in [0.4, 0.5) is 0 Å². The Balaban J connectivity index is 2.11.